The molecule has 2 aliphatic heterocycles. The number of methoxy groups -OCH3 is 3. The molecule has 0 spiro atoms. The zero-order valence-electron chi connectivity index (χ0n) is 24.4. The predicted octanol–water partition coefficient (Wildman–Crippen LogP) is 5.17. The summed E-state index contributed by atoms with van der Waals surface area (Å²) in [5.41, 5.74) is 2.81. The minimum atomic E-state index is 0.305. The normalized spacial score (nSPS) is 16.5. The Morgan fingerprint density at radius 1 is 0.833 bits per heavy atom. The van der Waals surface area contributed by atoms with E-state index in [0.717, 1.165) is 69.2 Å². The van der Waals surface area contributed by atoms with Gasteiger partial charge in [-0.3, -0.25) is 4.90 Å². The Labute approximate surface area is 257 Å². The molecule has 2 saturated heterocycles. The minimum Gasteiger partial charge on any atom is -0.495 e. The van der Waals surface area contributed by atoms with Gasteiger partial charge < -0.3 is 29.3 Å². The maximum atomic E-state index is 6.46. The molecule has 5 rings (SSSR count). The molecule has 2 fully saturated rings. The largest absolute Gasteiger partial charge is 0.495 e. The van der Waals surface area contributed by atoms with Crippen molar-refractivity contribution in [1.82, 2.24) is 19.8 Å². The Kier molecular flexibility index (Phi) is 9.80. The van der Waals surface area contributed by atoms with E-state index in [9.17, 15) is 0 Å². The van der Waals surface area contributed by atoms with Crippen LogP contribution in [-0.2, 0) is 0 Å². The number of hydrogen-bond acceptors (Lipinski definition) is 9. The molecule has 0 bridgehead atoms. The topological polar surface area (TPSA) is 75.2 Å². The molecule has 2 aliphatic rings. The molecule has 11 heteroatoms. The van der Waals surface area contributed by atoms with Gasteiger partial charge in [0.2, 0.25) is 5.95 Å². The van der Waals surface area contributed by atoms with E-state index < -0.39 is 0 Å². The van der Waals surface area contributed by atoms with Crippen molar-refractivity contribution >= 4 is 40.5 Å². The van der Waals surface area contributed by atoms with Crippen LogP contribution in [0.25, 0.3) is 0 Å². The van der Waals surface area contributed by atoms with Gasteiger partial charge in [-0.25, -0.2) is 9.97 Å². The number of hydrogen-bond donors (Lipinski definition) is 1. The van der Waals surface area contributed by atoms with Crippen LogP contribution in [0.15, 0.2) is 36.5 Å². The molecule has 222 valence electrons. The van der Waals surface area contributed by atoms with Crippen LogP contribution in [0.3, 0.4) is 0 Å². The number of nitrogens with one attached hydrogen (secondary N) is 1. The smallest absolute Gasteiger partial charge is 0.228 e. The van der Waals surface area contributed by atoms with E-state index in [2.05, 4.69) is 54.9 Å². The Morgan fingerprint density at radius 3 is 2.14 bits per heavy atom. The predicted molar refractivity (Wildman–Crippen MR) is 168 cm³/mol. The highest BCUT2D eigenvalue weighted by molar-refractivity contribution is 6.38. The highest BCUT2D eigenvalue weighted by atomic mass is 35.5. The van der Waals surface area contributed by atoms with Crippen LogP contribution < -0.4 is 24.4 Å². The maximum absolute atomic E-state index is 6.46. The molecule has 1 N–H and O–H groups in total. The number of benzene rings is 2. The summed E-state index contributed by atoms with van der Waals surface area (Å²) in [5.74, 6) is 8.08. The Morgan fingerprint density at radius 2 is 1.50 bits per heavy atom. The van der Waals surface area contributed by atoms with Crippen molar-refractivity contribution in [1.29, 1.82) is 0 Å². The Balaban J connectivity index is 1.27. The van der Waals surface area contributed by atoms with Gasteiger partial charge in [-0.15, -0.1) is 0 Å². The Hall–Kier alpha value is -3.42. The molecule has 2 aromatic carbocycles. The van der Waals surface area contributed by atoms with Gasteiger partial charge >= 0.3 is 0 Å². The van der Waals surface area contributed by atoms with Gasteiger partial charge in [0, 0.05) is 69.3 Å². The zero-order chi connectivity index (χ0) is 29.6. The number of piperidine rings is 1. The number of rotatable bonds is 7. The number of likely N-dealkylation sites (N-methyl/N-ethyl adjacent to an activating group) is 1. The summed E-state index contributed by atoms with van der Waals surface area (Å²) in [7, 11) is 6.95. The van der Waals surface area contributed by atoms with Crippen molar-refractivity contribution in [3.05, 3.63) is 57.8 Å². The lowest BCUT2D eigenvalue weighted by Gasteiger charge is -2.42. The molecule has 3 heterocycles. The number of aromatic nitrogens is 2. The number of nitrogens with zero attached hydrogens (tertiary/aromatic N) is 5. The molecule has 1 aromatic heterocycles. The maximum Gasteiger partial charge on any atom is 0.228 e. The minimum absolute atomic E-state index is 0.305. The zero-order valence-corrected chi connectivity index (χ0v) is 25.9. The second-order valence-electron chi connectivity index (χ2n) is 10.4. The van der Waals surface area contributed by atoms with Crippen molar-refractivity contribution in [3.63, 3.8) is 0 Å². The first-order valence-corrected chi connectivity index (χ1v) is 14.7. The molecule has 0 unspecified atom stereocenters. The summed E-state index contributed by atoms with van der Waals surface area (Å²) in [6.07, 6.45) is 3.96. The number of halogens is 2. The van der Waals surface area contributed by atoms with Crippen LogP contribution >= 0.6 is 23.2 Å². The lowest BCUT2D eigenvalue weighted by Crippen LogP contribution is -2.52. The van der Waals surface area contributed by atoms with Crippen LogP contribution in [-0.4, -0.2) is 93.5 Å². The van der Waals surface area contributed by atoms with E-state index in [4.69, 9.17) is 37.4 Å². The average molecular weight is 612 g/mol. The standard InChI is InChI=1S/C31H36Cl2N6O3/c1-37-15-17-38(18-16-37)23-10-13-39(14-11-23)25-8-6-22(19-26(25)40-2)36-31-34-12-9-21(35-31)5-7-24-29(32)27(41-3)20-28(42-4)30(24)33/h6,8-9,12,19-20,23H,10-11,13-18H2,1-4H3,(H,34,35,36). The van der Waals surface area contributed by atoms with Crippen LogP contribution in [0.2, 0.25) is 10.0 Å². The van der Waals surface area contributed by atoms with Gasteiger partial charge in [-0.2, -0.15) is 0 Å². The van der Waals surface area contributed by atoms with Crippen LogP contribution in [0.4, 0.5) is 17.3 Å². The summed E-state index contributed by atoms with van der Waals surface area (Å²) in [6, 6.07) is 10.1. The fourth-order valence-corrected chi connectivity index (χ4v) is 6.01. The third-order valence-corrected chi connectivity index (χ3v) is 8.59. The first kappa shape index (κ1) is 30.1. The molecular weight excluding hydrogens is 575 g/mol. The third-order valence-electron chi connectivity index (χ3n) is 7.84. The first-order chi connectivity index (χ1) is 20.4. The van der Waals surface area contributed by atoms with Gasteiger partial charge in [0.15, 0.2) is 0 Å². The van der Waals surface area contributed by atoms with Crippen molar-refractivity contribution in [2.75, 3.05) is 77.9 Å². The van der Waals surface area contributed by atoms with Gasteiger partial charge in [-0.1, -0.05) is 29.1 Å². The van der Waals surface area contributed by atoms with E-state index in [-0.39, 0.29) is 0 Å². The van der Waals surface area contributed by atoms with E-state index in [1.54, 1.807) is 25.4 Å². The third kappa shape index (κ3) is 6.79. The van der Waals surface area contributed by atoms with Crippen LogP contribution in [0, 0.1) is 11.8 Å². The molecule has 0 saturated carbocycles. The number of ether oxygens (including phenoxy) is 3. The number of piperazine rings is 1. The van der Waals surface area contributed by atoms with E-state index in [1.165, 1.54) is 14.2 Å². The summed E-state index contributed by atoms with van der Waals surface area (Å²) in [4.78, 5) is 16.4. The Bertz CT molecular complexity index is 1430. The molecule has 0 aliphatic carbocycles. The van der Waals surface area contributed by atoms with Crippen molar-refractivity contribution in [2.24, 2.45) is 0 Å². The van der Waals surface area contributed by atoms with Crippen LogP contribution in [0.1, 0.15) is 24.1 Å². The average Bonchev–Trinajstić information content (AvgIpc) is 3.02. The van der Waals surface area contributed by atoms with Gasteiger partial charge in [0.1, 0.15) is 22.9 Å². The van der Waals surface area contributed by atoms with Crippen molar-refractivity contribution < 1.29 is 14.2 Å². The molecule has 0 atom stereocenters. The van der Waals surface area contributed by atoms with Gasteiger partial charge in [0.25, 0.3) is 0 Å². The van der Waals surface area contributed by atoms with Crippen LogP contribution in [0.5, 0.6) is 17.2 Å². The van der Waals surface area contributed by atoms with Gasteiger partial charge in [0.05, 0.1) is 42.6 Å². The molecule has 42 heavy (non-hydrogen) atoms. The quantitative estimate of drug-likeness (QED) is 0.365. The van der Waals surface area contributed by atoms with Gasteiger partial charge in [-0.05, 0) is 44.0 Å². The summed E-state index contributed by atoms with van der Waals surface area (Å²) in [6.45, 7) is 6.66. The van der Waals surface area contributed by atoms with E-state index in [0.29, 0.717) is 44.8 Å². The highest BCUT2D eigenvalue weighted by Crippen LogP contribution is 2.40. The van der Waals surface area contributed by atoms with E-state index >= 15 is 0 Å². The lowest BCUT2D eigenvalue weighted by molar-refractivity contribution is 0.0981. The SMILES string of the molecule is COc1cc(Nc2nccc(C#Cc3c(Cl)c(OC)cc(OC)c3Cl)n2)ccc1N1CCC(N2CCN(C)CC2)CC1. The fourth-order valence-electron chi connectivity index (χ4n) is 5.42. The molecule has 3 aromatic rings. The summed E-state index contributed by atoms with van der Waals surface area (Å²) < 4.78 is 16.5. The second-order valence-corrected chi connectivity index (χ2v) is 11.1. The monoisotopic (exact) mass is 610 g/mol. The summed E-state index contributed by atoms with van der Waals surface area (Å²) >= 11 is 12.9. The molecular formula is C31H36Cl2N6O3. The molecule has 9 nitrogen and oxygen atoms in total. The highest BCUT2D eigenvalue weighted by Gasteiger charge is 2.27. The summed E-state index contributed by atoms with van der Waals surface area (Å²) in [5, 5.41) is 3.88. The van der Waals surface area contributed by atoms with Crippen molar-refractivity contribution in [3.8, 4) is 29.1 Å². The lowest BCUT2D eigenvalue weighted by atomic mass is 10.0. The van der Waals surface area contributed by atoms with E-state index in [1.807, 2.05) is 12.1 Å². The second kappa shape index (κ2) is 13.7. The molecule has 0 amide bonds. The fraction of sp³-hybridized carbons (Fsp3) is 0.419. The van der Waals surface area contributed by atoms with Crippen molar-refractivity contribution in [2.45, 2.75) is 18.9 Å². The molecule has 0 radical (unpaired) electrons. The first-order valence-electron chi connectivity index (χ1n) is 14.0. The number of anilines is 3.